The maximum Gasteiger partial charge on any atom is 0.150 e. The van der Waals surface area contributed by atoms with Crippen LogP contribution in [0.1, 0.15) is 29.7 Å². The zero-order valence-corrected chi connectivity index (χ0v) is 25.9. The van der Waals surface area contributed by atoms with Crippen LogP contribution in [0.5, 0.6) is 0 Å². The van der Waals surface area contributed by atoms with E-state index in [1.165, 1.54) is 49.2 Å². The van der Waals surface area contributed by atoms with E-state index in [1.807, 2.05) is 6.20 Å². The van der Waals surface area contributed by atoms with Crippen molar-refractivity contribution in [1.29, 1.82) is 0 Å². The number of nitrogens with zero attached hydrogens (tertiary/aromatic N) is 4. The van der Waals surface area contributed by atoms with Crippen molar-refractivity contribution in [3.05, 3.63) is 151 Å². The third kappa shape index (κ3) is 5.39. The summed E-state index contributed by atoms with van der Waals surface area (Å²) in [7, 11) is 0. The Hall–Kier alpha value is -5.42. The second-order valence-electron chi connectivity index (χ2n) is 12.1. The standard InChI is InChI=1S/C41H37N5/c1-3-13-30(14-4-1)17-11-25-45-37-21-9-8-20-34(37)36-27-32(43-29-39(36)45)28-44-41-40-35(23-24-42-41)33-19-7-10-22-38(33)46(40)26-12-18-31-15-5-2-6-16-31/h1-10,13-16,19-24,27,29H,11-12,17-18,25-26,28H2,(H,42,44). The first kappa shape index (κ1) is 28.1. The van der Waals surface area contributed by atoms with Gasteiger partial charge in [-0.3, -0.25) is 4.98 Å². The van der Waals surface area contributed by atoms with Crippen molar-refractivity contribution in [1.82, 2.24) is 19.1 Å². The number of aryl methyl sites for hydroxylation is 4. The first-order valence-electron chi connectivity index (χ1n) is 16.4. The van der Waals surface area contributed by atoms with Crippen LogP contribution in [-0.2, 0) is 32.5 Å². The van der Waals surface area contributed by atoms with Gasteiger partial charge in [0.05, 0.1) is 29.5 Å². The molecule has 4 aromatic carbocycles. The molecule has 1 N–H and O–H groups in total. The second kappa shape index (κ2) is 12.5. The molecule has 0 atom stereocenters. The van der Waals surface area contributed by atoms with Gasteiger partial charge in [0.2, 0.25) is 0 Å². The number of benzene rings is 4. The van der Waals surface area contributed by atoms with Crippen molar-refractivity contribution >= 4 is 49.4 Å². The summed E-state index contributed by atoms with van der Waals surface area (Å²) in [5.41, 5.74) is 8.63. The highest BCUT2D eigenvalue weighted by Gasteiger charge is 2.16. The van der Waals surface area contributed by atoms with E-state index in [2.05, 4.69) is 142 Å². The van der Waals surface area contributed by atoms with Crippen LogP contribution in [-0.4, -0.2) is 19.1 Å². The minimum atomic E-state index is 0.598. The summed E-state index contributed by atoms with van der Waals surface area (Å²) in [5.74, 6) is 0.902. The summed E-state index contributed by atoms with van der Waals surface area (Å²) in [6, 6.07) is 43.4. The lowest BCUT2D eigenvalue weighted by atomic mass is 10.1. The van der Waals surface area contributed by atoms with Gasteiger partial charge in [-0.25, -0.2) is 4.98 Å². The Bertz CT molecular complexity index is 2260. The van der Waals surface area contributed by atoms with Crippen molar-refractivity contribution in [2.45, 2.75) is 45.3 Å². The van der Waals surface area contributed by atoms with Gasteiger partial charge in [-0.15, -0.1) is 0 Å². The van der Waals surface area contributed by atoms with Gasteiger partial charge in [0.25, 0.3) is 0 Å². The van der Waals surface area contributed by atoms with Gasteiger partial charge >= 0.3 is 0 Å². The minimum Gasteiger partial charge on any atom is -0.363 e. The Morgan fingerprint density at radius 1 is 0.522 bits per heavy atom. The SMILES string of the molecule is c1ccc(CCCn2c3ccccc3c3cc(CNc4nccc5c6ccccc6n(CCCc6ccccc6)c45)ncc32)cc1. The highest BCUT2D eigenvalue weighted by molar-refractivity contribution is 6.11. The lowest BCUT2D eigenvalue weighted by Gasteiger charge is -2.12. The molecule has 0 saturated carbocycles. The molecule has 0 unspecified atom stereocenters. The maximum absolute atomic E-state index is 4.95. The van der Waals surface area contributed by atoms with E-state index < -0.39 is 0 Å². The van der Waals surface area contributed by atoms with Crippen LogP contribution in [0.15, 0.2) is 134 Å². The molecule has 8 rings (SSSR count). The molecule has 0 aliphatic rings. The molecule has 0 radical (unpaired) electrons. The molecule has 46 heavy (non-hydrogen) atoms. The molecular weight excluding hydrogens is 562 g/mol. The fourth-order valence-corrected chi connectivity index (χ4v) is 7.04. The monoisotopic (exact) mass is 599 g/mol. The molecule has 4 heterocycles. The molecular formula is C41H37N5. The van der Waals surface area contributed by atoms with Crippen molar-refractivity contribution < 1.29 is 0 Å². The Balaban J connectivity index is 1.08. The van der Waals surface area contributed by atoms with Gasteiger partial charge in [0, 0.05) is 51.9 Å². The van der Waals surface area contributed by atoms with Crippen LogP contribution in [0.4, 0.5) is 5.82 Å². The van der Waals surface area contributed by atoms with E-state index in [0.717, 1.165) is 55.8 Å². The van der Waals surface area contributed by atoms with Crippen LogP contribution in [0, 0.1) is 0 Å². The summed E-state index contributed by atoms with van der Waals surface area (Å²) in [6.45, 7) is 2.48. The number of hydrogen-bond acceptors (Lipinski definition) is 3. The van der Waals surface area contributed by atoms with Gasteiger partial charge in [-0.05, 0) is 61.1 Å². The smallest absolute Gasteiger partial charge is 0.150 e. The fraction of sp³-hybridized carbons (Fsp3) is 0.171. The molecule has 8 aromatic rings. The highest BCUT2D eigenvalue weighted by Crippen LogP contribution is 2.34. The van der Waals surface area contributed by atoms with E-state index in [9.17, 15) is 0 Å². The van der Waals surface area contributed by atoms with Gasteiger partial charge in [-0.1, -0.05) is 97.1 Å². The van der Waals surface area contributed by atoms with Gasteiger partial charge in [0.1, 0.15) is 0 Å². The van der Waals surface area contributed by atoms with Crippen LogP contribution in [0.2, 0.25) is 0 Å². The average Bonchev–Trinajstić information content (AvgIpc) is 3.61. The van der Waals surface area contributed by atoms with Crippen LogP contribution in [0.25, 0.3) is 43.6 Å². The molecule has 0 aliphatic carbocycles. The summed E-state index contributed by atoms with van der Waals surface area (Å²) in [5, 5.41) is 8.71. The summed E-state index contributed by atoms with van der Waals surface area (Å²) < 4.78 is 4.89. The molecule has 0 saturated heterocycles. The molecule has 4 aromatic heterocycles. The van der Waals surface area contributed by atoms with E-state index >= 15 is 0 Å². The van der Waals surface area contributed by atoms with E-state index in [-0.39, 0.29) is 0 Å². The number of nitrogens with one attached hydrogen (secondary N) is 1. The molecule has 0 amide bonds. The number of fused-ring (bicyclic) bond motifs is 6. The predicted molar refractivity (Wildman–Crippen MR) is 191 cm³/mol. The van der Waals surface area contributed by atoms with E-state index in [0.29, 0.717) is 6.54 Å². The third-order valence-corrected chi connectivity index (χ3v) is 9.21. The molecule has 5 nitrogen and oxygen atoms in total. The number of aromatic nitrogens is 4. The largest absolute Gasteiger partial charge is 0.363 e. The number of anilines is 1. The number of para-hydroxylation sites is 2. The van der Waals surface area contributed by atoms with Crippen molar-refractivity contribution in [3.8, 4) is 0 Å². The van der Waals surface area contributed by atoms with Crippen LogP contribution < -0.4 is 5.32 Å². The van der Waals surface area contributed by atoms with Gasteiger partial charge in [0.15, 0.2) is 5.82 Å². The van der Waals surface area contributed by atoms with Gasteiger partial charge in [-0.2, -0.15) is 0 Å². The van der Waals surface area contributed by atoms with Crippen LogP contribution >= 0.6 is 0 Å². The first-order chi connectivity index (χ1) is 22.8. The van der Waals surface area contributed by atoms with Gasteiger partial charge < -0.3 is 14.5 Å². The predicted octanol–water partition coefficient (Wildman–Crippen LogP) is 9.57. The maximum atomic E-state index is 4.95. The molecule has 0 aliphatic heterocycles. The first-order valence-corrected chi connectivity index (χ1v) is 16.4. The van der Waals surface area contributed by atoms with E-state index in [4.69, 9.17) is 9.97 Å². The third-order valence-electron chi connectivity index (χ3n) is 9.21. The minimum absolute atomic E-state index is 0.598. The molecule has 5 heteroatoms. The Morgan fingerprint density at radius 2 is 1.11 bits per heavy atom. The Labute approximate surface area is 269 Å². The summed E-state index contributed by atoms with van der Waals surface area (Å²) in [4.78, 5) is 9.81. The quantitative estimate of drug-likeness (QED) is 0.161. The normalized spacial score (nSPS) is 11.7. The lowest BCUT2D eigenvalue weighted by Crippen LogP contribution is -2.07. The molecule has 0 spiro atoms. The zero-order chi connectivity index (χ0) is 30.7. The second-order valence-corrected chi connectivity index (χ2v) is 12.1. The number of hydrogen-bond donors (Lipinski definition) is 1. The van der Waals surface area contributed by atoms with E-state index in [1.54, 1.807) is 0 Å². The Kier molecular flexibility index (Phi) is 7.65. The number of pyridine rings is 2. The highest BCUT2D eigenvalue weighted by atomic mass is 15.1. The van der Waals surface area contributed by atoms with Crippen LogP contribution in [0.3, 0.4) is 0 Å². The van der Waals surface area contributed by atoms with Crippen molar-refractivity contribution in [2.24, 2.45) is 0 Å². The topological polar surface area (TPSA) is 47.7 Å². The molecule has 226 valence electrons. The average molecular weight is 600 g/mol. The fourth-order valence-electron chi connectivity index (χ4n) is 7.04. The molecule has 0 bridgehead atoms. The summed E-state index contributed by atoms with van der Waals surface area (Å²) >= 11 is 0. The number of rotatable bonds is 11. The lowest BCUT2D eigenvalue weighted by molar-refractivity contribution is 0.677. The van der Waals surface area contributed by atoms with Crippen molar-refractivity contribution in [3.63, 3.8) is 0 Å². The molecule has 0 fully saturated rings. The van der Waals surface area contributed by atoms with Crippen molar-refractivity contribution in [2.75, 3.05) is 5.32 Å². The zero-order valence-electron chi connectivity index (χ0n) is 25.9. The summed E-state index contributed by atoms with van der Waals surface area (Å²) in [6.07, 6.45) is 8.22. The Morgan fingerprint density at radius 3 is 1.80 bits per heavy atom.